The molecule has 1 saturated heterocycles. The average Bonchev–Trinajstić information content (AvgIpc) is 3.05. The molecule has 2 aliphatic rings. The molecule has 5 amide bonds. The number of amides is 5. The molecule has 156 valence electrons. The first-order chi connectivity index (χ1) is 14.9. The average molecular weight is 418 g/mol. The van der Waals surface area contributed by atoms with E-state index in [0.717, 1.165) is 4.90 Å². The number of rotatable bonds is 4. The van der Waals surface area contributed by atoms with Gasteiger partial charge in [0.05, 0.1) is 30.1 Å². The number of nitrogens with one attached hydrogen (secondary N) is 1. The van der Waals surface area contributed by atoms with E-state index in [2.05, 4.69) is 10.4 Å². The number of carbonyl (C=O) groups excluding carboxylic acids is 4. The maximum Gasteiger partial charge on any atom is 0.335 e. The van der Waals surface area contributed by atoms with Crippen LogP contribution in [0, 0.1) is 5.92 Å². The van der Waals surface area contributed by atoms with E-state index < -0.39 is 29.7 Å². The van der Waals surface area contributed by atoms with Crippen molar-refractivity contribution in [2.24, 2.45) is 11.0 Å². The molecule has 2 aromatic carbocycles. The second kappa shape index (κ2) is 7.86. The Morgan fingerprint density at radius 3 is 2.42 bits per heavy atom. The molecule has 31 heavy (non-hydrogen) atoms. The van der Waals surface area contributed by atoms with E-state index in [1.807, 2.05) is 6.07 Å². The summed E-state index contributed by atoms with van der Waals surface area (Å²) in [4.78, 5) is 51.6. The number of barbiturate groups is 1. The van der Waals surface area contributed by atoms with Crippen LogP contribution in [0.1, 0.15) is 6.92 Å². The molecular formula is C22H18N4O5. The summed E-state index contributed by atoms with van der Waals surface area (Å²) in [7, 11) is 1.46. The molecule has 0 radical (unpaired) electrons. The fraction of sp³-hybridized carbons (Fsp3) is 0.136. The van der Waals surface area contributed by atoms with E-state index >= 15 is 0 Å². The Labute approximate surface area is 177 Å². The molecule has 0 saturated carbocycles. The minimum absolute atomic E-state index is 0.231. The van der Waals surface area contributed by atoms with Gasteiger partial charge in [0.1, 0.15) is 11.3 Å². The van der Waals surface area contributed by atoms with E-state index in [-0.39, 0.29) is 11.3 Å². The second-order valence-corrected chi connectivity index (χ2v) is 6.89. The van der Waals surface area contributed by atoms with Crippen molar-refractivity contribution >= 4 is 40.8 Å². The Hall–Kier alpha value is -4.27. The van der Waals surface area contributed by atoms with Crippen LogP contribution in [-0.4, -0.2) is 36.6 Å². The molecule has 1 atom stereocenters. The van der Waals surface area contributed by atoms with E-state index in [1.165, 1.54) is 30.3 Å². The minimum Gasteiger partial charge on any atom is -0.497 e. The lowest BCUT2D eigenvalue weighted by Gasteiger charge is -2.27. The lowest BCUT2D eigenvalue weighted by molar-refractivity contribution is -0.122. The van der Waals surface area contributed by atoms with E-state index in [1.54, 1.807) is 43.3 Å². The molecule has 2 aromatic rings. The van der Waals surface area contributed by atoms with Crippen LogP contribution in [0.25, 0.3) is 0 Å². The van der Waals surface area contributed by atoms with Crippen LogP contribution >= 0.6 is 0 Å². The molecule has 1 N–H and O–H groups in total. The molecule has 2 aliphatic heterocycles. The fourth-order valence-corrected chi connectivity index (χ4v) is 3.35. The molecule has 0 aromatic heterocycles. The van der Waals surface area contributed by atoms with Gasteiger partial charge in [0.15, 0.2) is 0 Å². The Balaban J connectivity index is 1.67. The van der Waals surface area contributed by atoms with Gasteiger partial charge in [-0.3, -0.25) is 19.7 Å². The third-order valence-electron chi connectivity index (χ3n) is 4.93. The van der Waals surface area contributed by atoms with Crippen molar-refractivity contribution in [1.29, 1.82) is 0 Å². The molecule has 0 aliphatic carbocycles. The normalized spacial score (nSPS) is 20.3. The van der Waals surface area contributed by atoms with E-state index in [9.17, 15) is 19.2 Å². The molecule has 9 nitrogen and oxygen atoms in total. The maximum atomic E-state index is 13.1. The van der Waals surface area contributed by atoms with Gasteiger partial charge in [-0.15, -0.1) is 0 Å². The first-order valence-corrected chi connectivity index (χ1v) is 9.40. The Kier molecular flexibility index (Phi) is 5.08. The Morgan fingerprint density at radius 2 is 1.71 bits per heavy atom. The summed E-state index contributed by atoms with van der Waals surface area (Å²) in [5, 5.41) is 7.64. The molecule has 2 heterocycles. The van der Waals surface area contributed by atoms with Gasteiger partial charge in [-0.05, 0) is 37.3 Å². The zero-order valence-electron chi connectivity index (χ0n) is 16.7. The number of hydrogen-bond acceptors (Lipinski definition) is 6. The lowest BCUT2D eigenvalue weighted by Crippen LogP contribution is -2.54. The Bertz CT molecular complexity index is 1160. The molecule has 1 unspecified atom stereocenters. The molecule has 4 rings (SSSR count). The smallest absolute Gasteiger partial charge is 0.335 e. The maximum absolute atomic E-state index is 13.1. The Morgan fingerprint density at radius 1 is 1.00 bits per heavy atom. The van der Waals surface area contributed by atoms with Gasteiger partial charge in [-0.25, -0.2) is 9.69 Å². The fourth-order valence-electron chi connectivity index (χ4n) is 3.35. The first-order valence-electron chi connectivity index (χ1n) is 9.40. The van der Waals surface area contributed by atoms with Gasteiger partial charge < -0.3 is 4.74 Å². The highest BCUT2D eigenvalue weighted by molar-refractivity contribution is 6.38. The van der Waals surface area contributed by atoms with Crippen molar-refractivity contribution in [3.8, 4) is 5.75 Å². The predicted molar refractivity (Wildman–Crippen MR) is 113 cm³/mol. The largest absolute Gasteiger partial charge is 0.497 e. The number of nitrogens with zero attached hydrogens (tertiary/aromatic N) is 3. The van der Waals surface area contributed by atoms with E-state index in [4.69, 9.17) is 4.74 Å². The van der Waals surface area contributed by atoms with Crippen molar-refractivity contribution in [2.45, 2.75) is 6.92 Å². The van der Waals surface area contributed by atoms with Crippen molar-refractivity contribution in [3.05, 3.63) is 66.2 Å². The summed E-state index contributed by atoms with van der Waals surface area (Å²) < 4.78 is 5.14. The van der Waals surface area contributed by atoms with Gasteiger partial charge in [0.25, 0.3) is 17.7 Å². The molecule has 0 bridgehead atoms. The third-order valence-corrected chi connectivity index (χ3v) is 4.93. The van der Waals surface area contributed by atoms with Crippen molar-refractivity contribution in [3.63, 3.8) is 0 Å². The standard InChI is InChI=1S/C22H18N4O5/c1-13-17(21(29)26(24-13)14-7-4-3-5-8-14)12-18-19(27)23-22(30)25(20(18)28)15-9-6-10-16(11-15)31-2/h3-12,17H,1-2H3,(H,23,27,30)/b18-12-. The predicted octanol–water partition coefficient (Wildman–Crippen LogP) is 2.24. The van der Waals surface area contributed by atoms with Crippen LogP contribution in [0.2, 0.25) is 0 Å². The number of ether oxygens (including phenoxy) is 1. The third kappa shape index (κ3) is 3.57. The number of carbonyl (C=O) groups is 4. The summed E-state index contributed by atoms with van der Waals surface area (Å²) >= 11 is 0. The molecule has 0 spiro atoms. The van der Waals surface area contributed by atoms with Crippen LogP contribution in [0.3, 0.4) is 0 Å². The molecule has 1 fully saturated rings. The zero-order valence-corrected chi connectivity index (χ0v) is 16.7. The van der Waals surface area contributed by atoms with Gasteiger partial charge >= 0.3 is 6.03 Å². The monoisotopic (exact) mass is 418 g/mol. The number of hydrazone groups is 1. The number of anilines is 2. The summed E-state index contributed by atoms with van der Waals surface area (Å²) in [5.74, 6) is -2.58. The highest BCUT2D eigenvalue weighted by Gasteiger charge is 2.40. The zero-order chi connectivity index (χ0) is 22.1. The highest BCUT2D eigenvalue weighted by atomic mass is 16.5. The first kappa shape index (κ1) is 20.0. The summed E-state index contributed by atoms with van der Waals surface area (Å²) in [5.41, 5.74) is 0.909. The van der Waals surface area contributed by atoms with Gasteiger partial charge in [-0.2, -0.15) is 10.1 Å². The van der Waals surface area contributed by atoms with Gasteiger partial charge in [0, 0.05) is 6.07 Å². The highest BCUT2D eigenvalue weighted by Crippen LogP contribution is 2.28. The number of para-hydroxylation sites is 1. The SMILES string of the molecule is COc1cccc(N2C(=O)NC(=O)/C(=C/C3C(=O)N(c4ccccc4)N=C3C)C2=O)c1. The second-order valence-electron chi connectivity index (χ2n) is 6.89. The van der Waals surface area contributed by atoms with Gasteiger partial charge in [0.2, 0.25) is 0 Å². The molecular weight excluding hydrogens is 400 g/mol. The van der Waals surface area contributed by atoms with Crippen molar-refractivity contribution < 1.29 is 23.9 Å². The lowest BCUT2D eigenvalue weighted by atomic mass is 9.98. The summed E-state index contributed by atoms with van der Waals surface area (Å²) in [6.45, 7) is 1.64. The summed E-state index contributed by atoms with van der Waals surface area (Å²) in [6.07, 6.45) is 1.25. The van der Waals surface area contributed by atoms with Crippen LogP contribution < -0.4 is 20.0 Å². The number of urea groups is 1. The number of imide groups is 2. The number of benzene rings is 2. The van der Waals surface area contributed by atoms with Gasteiger partial charge in [-0.1, -0.05) is 24.3 Å². The van der Waals surface area contributed by atoms with Crippen molar-refractivity contribution in [2.75, 3.05) is 17.0 Å². The van der Waals surface area contributed by atoms with Crippen LogP contribution in [-0.2, 0) is 14.4 Å². The van der Waals surface area contributed by atoms with Crippen molar-refractivity contribution in [1.82, 2.24) is 5.32 Å². The summed E-state index contributed by atoms with van der Waals surface area (Å²) in [6, 6.07) is 14.2. The van der Waals surface area contributed by atoms with E-state index in [0.29, 0.717) is 17.1 Å². The number of methoxy groups -OCH3 is 1. The van der Waals surface area contributed by atoms with Crippen LogP contribution in [0.4, 0.5) is 16.2 Å². The van der Waals surface area contributed by atoms with Crippen LogP contribution in [0.15, 0.2) is 71.3 Å². The topological polar surface area (TPSA) is 108 Å². The number of hydrogen-bond donors (Lipinski definition) is 1. The minimum atomic E-state index is -0.912. The molecule has 9 heteroatoms. The quantitative estimate of drug-likeness (QED) is 0.605. The van der Waals surface area contributed by atoms with Crippen LogP contribution in [0.5, 0.6) is 5.75 Å².